The molecule has 0 aromatic heterocycles. The van der Waals surface area contributed by atoms with Crippen molar-refractivity contribution in [1.29, 1.82) is 0 Å². The van der Waals surface area contributed by atoms with Crippen LogP contribution in [0.1, 0.15) is 28.9 Å². The summed E-state index contributed by atoms with van der Waals surface area (Å²) in [5.41, 5.74) is 1.40. The molecule has 0 aliphatic heterocycles. The average molecular weight is 300 g/mol. The smallest absolute Gasteiger partial charge is 0.196 e. The number of Topliss-reactive ketones (excluding diaryl/α,β-unsaturated/α-hetero) is 1. The van der Waals surface area contributed by atoms with E-state index in [2.05, 4.69) is 0 Å². The van der Waals surface area contributed by atoms with E-state index in [4.69, 9.17) is 14.2 Å². The summed E-state index contributed by atoms with van der Waals surface area (Å²) >= 11 is 0. The molecule has 4 nitrogen and oxygen atoms in total. The lowest BCUT2D eigenvalue weighted by atomic mass is 9.99. The van der Waals surface area contributed by atoms with E-state index in [9.17, 15) is 4.79 Å². The standard InChI is InChI=1S/C18H20O4/c1-4-22-18(14-7-11-16(21-3)12-8-14)17(19)13-5-9-15(20-2)10-6-13/h5-12,18H,4H2,1-3H3/t18-/m0/s1. The summed E-state index contributed by atoms with van der Waals surface area (Å²) in [6.45, 7) is 2.33. The second-order valence-corrected chi connectivity index (χ2v) is 4.70. The molecule has 22 heavy (non-hydrogen) atoms. The van der Waals surface area contributed by atoms with Gasteiger partial charge in [0.25, 0.3) is 0 Å². The first kappa shape index (κ1) is 16.0. The Hall–Kier alpha value is -2.33. The van der Waals surface area contributed by atoms with Crippen LogP contribution >= 0.6 is 0 Å². The van der Waals surface area contributed by atoms with Crippen molar-refractivity contribution in [2.45, 2.75) is 13.0 Å². The van der Waals surface area contributed by atoms with Gasteiger partial charge in [-0.3, -0.25) is 4.79 Å². The Morgan fingerprint density at radius 1 is 0.909 bits per heavy atom. The number of ether oxygens (including phenoxy) is 3. The van der Waals surface area contributed by atoms with Crippen molar-refractivity contribution in [3.63, 3.8) is 0 Å². The fourth-order valence-corrected chi connectivity index (χ4v) is 2.18. The highest BCUT2D eigenvalue weighted by atomic mass is 16.5. The minimum Gasteiger partial charge on any atom is -0.497 e. The summed E-state index contributed by atoms with van der Waals surface area (Å²) in [6.07, 6.45) is -0.621. The zero-order chi connectivity index (χ0) is 15.9. The molecule has 0 saturated heterocycles. The molecule has 4 heteroatoms. The molecule has 0 heterocycles. The van der Waals surface area contributed by atoms with Gasteiger partial charge in [0.2, 0.25) is 0 Å². The van der Waals surface area contributed by atoms with Crippen LogP contribution in [-0.4, -0.2) is 26.6 Å². The van der Waals surface area contributed by atoms with Crippen molar-refractivity contribution >= 4 is 5.78 Å². The van der Waals surface area contributed by atoms with Crippen molar-refractivity contribution < 1.29 is 19.0 Å². The maximum atomic E-state index is 12.7. The molecule has 2 aromatic rings. The van der Waals surface area contributed by atoms with E-state index in [0.717, 1.165) is 11.3 Å². The zero-order valence-corrected chi connectivity index (χ0v) is 13.0. The third-order valence-electron chi connectivity index (χ3n) is 3.36. The first-order chi connectivity index (χ1) is 10.7. The second kappa shape index (κ2) is 7.61. The minimum atomic E-state index is -0.621. The molecule has 0 saturated carbocycles. The summed E-state index contributed by atoms with van der Waals surface area (Å²) in [5, 5.41) is 0. The van der Waals surface area contributed by atoms with Crippen molar-refractivity contribution in [2.75, 3.05) is 20.8 Å². The van der Waals surface area contributed by atoms with Gasteiger partial charge in [0.1, 0.15) is 17.6 Å². The molecule has 0 bridgehead atoms. The molecular formula is C18H20O4. The number of hydrogen-bond acceptors (Lipinski definition) is 4. The molecule has 0 aliphatic rings. The SMILES string of the molecule is CCO[C@H](C(=O)c1ccc(OC)cc1)c1ccc(OC)cc1. The van der Waals surface area contributed by atoms with E-state index in [1.165, 1.54) is 0 Å². The number of benzene rings is 2. The van der Waals surface area contributed by atoms with Crippen LogP contribution in [0.25, 0.3) is 0 Å². The van der Waals surface area contributed by atoms with Gasteiger partial charge in [-0.1, -0.05) is 12.1 Å². The van der Waals surface area contributed by atoms with Gasteiger partial charge in [0.15, 0.2) is 5.78 Å². The number of carbonyl (C=O) groups is 1. The van der Waals surface area contributed by atoms with E-state index in [1.807, 2.05) is 31.2 Å². The van der Waals surface area contributed by atoms with Crippen LogP contribution < -0.4 is 9.47 Å². The Labute approximate surface area is 130 Å². The Morgan fingerprint density at radius 2 is 1.41 bits per heavy atom. The van der Waals surface area contributed by atoms with E-state index in [-0.39, 0.29) is 5.78 Å². The quantitative estimate of drug-likeness (QED) is 0.732. The molecule has 0 amide bonds. The van der Waals surface area contributed by atoms with E-state index < -0.39 is 6.10 Å². The van der Waals surface area contributed by atoms with Gasteiger partial charge >= 0.3 is 0 Å². The average Bonchev–Trinajstić information content (AvgIpc) is 2.59. The molecule has 2 aromatic carbocycles. The Morgan fingerprint density at radius 3 is 1.86 bits per heavy atom. The molecule has 0 fully saturated rings. The van der Waals surface area contributed by atoms with E-state index in [0.29, 0.717) is 17.9 Å². The molecule has 0 spiro atoms. The lowest BCUT2D eigenvalue weighted by Gasteiger charge is -2.17. The van der Waals surface area contributed by atoms with Crippen LogP contribution in [0.2, 0.25) is 0 Å². The zero-order valence-electron chi connectivity index (χ0n) is 13.0. The van der Waals surface area contributed by atoms with Crippen molar-refractivity contribution in [2.24, 2.45) is 0 Å². The molecule has 0 radical (unpaired) electrons. The van der Waals surface area contributed by atoms with Crippen LogP contribution in [0.5, 0.6) is 11.5 Å². The third-order valence-corrected chi connectivity index (χ3v) is 3.36. The fourth-order valence-electron chi connectivity index (χ4n) is 2.18. The maximum absolute atomic E-state index is 12.7. The number of methoxy groups -OCH3 is 2. The van der Waals surface area contributed by atoms with Gasteiger partial charge in [-0.05, 0) is 48.9 Å². The summed E-state index contributed by atoms with van der Waals surface area (Å²) in [4.78, 5) is 12.7. The summed E-state index contributed by atoms with van der Waals surface area (Å²) in [7, 11) is 3.20. The summed E-state index contributed by atoms with van der Waals surface area (Å²) in [5.74, 6) is 1.39. The third kappa shape index (κ3) is 3.65. The Balaban J connectivity index is 2.26. The number of ketones is 1. The molecule has 116 valence electrons. The topological polar surface area (TPSA) is 44.8 Å². The largest absolute Gasteiger partial charge is 0.497 e. The number of carbonyl (C=O) groups excluding carboxylic acids is 1. The lowest BCUT2D eigenvalue weighted by Crippen LogP contribution is -2.16. The van der Waals surface area contributed by atoms with Crippen molar-refractivity contribution in [1.82, 2.24) is 0 Å². The van der Waals surface area contributed by atoms with Gasteiger partial charge < -0.3 is 14.2 Å². The molecule has 0 unspecified atom stereocenters. The maximum Gasteiger partial charge on any atom is 0.196 e. The predicted octanol–water partition coefficient (Wildman–Crippen LogP) is 3.66. The molecule has 1 atom stereocenters. The second-order valence-electron chi connectivity index (χ2n) is 4.70. The first-order valence-electron chi connectivity index (χ1n) is 7.13. The van der Waals surface area contributed by atoms with E-state index >= 15 is 0 Å². The molecular weight excluding hydrogens is 280 g/mol. The van der Waals surface area contributed by atoms with Gasteiger partial charge in [-0.2, -0.15) is 0 Å². The van der Waals surface area contributed by atoms with Crippen molar-refractivity contribution in [3.8, 4) is 11.5 Å². The number of hydrogen-bond donors (Lipinski definition) is 0. The van der Waals surface area contributed by atoms with Gasteiger partial charge in [-0.15, -0.1) is 0 Å². The highest BCUT2D eigenvalue weighted by Gasteiger charge is 2.22. The van der Waals surface area contributed by atoms with Gasteiger partial charge in [0, 0.05) is 12.2 Å². The van der Waals surface area contributed by atoms with Crippen LogP contribution in [-0.2, 0) is 4.74 Å². The van der Waals surface area contributed by atoms with Crippen LogP contribution in [0.3, 0.4) is 0 Å². The monoisotopic (exact) mass is 300 g/mol. The minimum absolute atomic E-state index is 0.0744. The van der Waals surface area contributed by atoms with Gasteiger partial charge in [0.05, 0.1) is 14.2 Å². The highest BCUT2D eigenvalue weighted by molar-refractivity contribution is 6.00. The highest BCUT2D eigenvalue weighted by Crippen LogP contribution is 2.25. The molecule has 0 aliphatic carbocycles. The first-order valence-corrected chi connectivity index (χ1v) is 7.13. The van der Waals surface area contributed by atoms with Crippen molar-refractivity contribution in [3.05, 3.63) is 59.7 Å². The lowest BCUT2D eigenvalue weighted by molar-refractivity contribution is 0.0452. The predicted molar refractivity (Wildman–Crippen MR) is 84.7 cm³/mol. The Kier molecular flexibility index (Phi) is 5.55. The fraction of sp³-hybridized carbons (Fsp3) is 0.278. The van der Waals surface area contributed by atoms with E-state index in [1.54, 1.807) is 38.5 Å². The van der Waals surface area contributed by atoms with Gasteiger partial charge in [-0.25, -0.2) is 0 Å². The number of rotatable bonds is 7. The molecule has 2 rings (SSSR count). The molecule has 0 N–H and O–H groups in total. The van der Waals surface area contributed by atoms with Crippen LogP contribution in [0.15, 0.2) is 48.5 Å². The van der Waals surface area contributed by atoms with Crippen LogP contribution in [0, 0.1) is 0 Å². The Bertz CT molecular complexity index is 602. The summed E-state index contributed by atoms with van der Waals surface area (Å²) < 4.78 is 15.9. The van der Waals surface area contributed by atoms with Crippen LogP contribution in [0.4, 0.5) is 0 Å². The normalized spacial score (nSPS) is 11.8. The summed E-state index contributed by atoms with van der Waals surface area (Å²) in [6, 6.07) is 14.4.